The smallest absolute Gasteiger partial charge is 0.350 e. The third-order valence-electron chi connectivity index (χ3n) is 4.13. The molecule has 4 aromatic rings. The van der Waals surface area contributed by atoms with E-state index in [1.807, 2.05) is 0 Å². The molecule has 134 valence electrons. The van der Waals surface area contributed by atoms with Gasteiger partial charge in [0, 0.05) is 4.88 Å². The Labute approximate surface area is 151 Å². The summed E-state index contributed by atoms with van der Waals surface area (Å²) in [5.41, 5.74) is 1.76. The van der Waals surface area contributed by atoms with Crippen molar-refractivity contribution in [2.75, 3.05) is 7.11 Å². The number of fused-ring (bicyclic) bond motifs is 3. The van der Waals surface area contributed by atoms with E-state index in [0.29, 0.717) is 5.82 Å². The Morgan fingerprint density at radius 1 is 1.38 bits per heavy atom. The van der Waals surface area contributed by atoms with E-state index in [9.17, 15) is 10.1 Å². The summed E-state index contributed by atoms with van der Waals surface area (Å²) < 4.78 is 7.98. The summed E-state index contributed by atoms with van der Waals surface area (Å²) in [5, 5.41) is 20.5. The molecule has 0 aliphatic carbocycles. The van der Waals surface area contributed by atoms with Crippen LogP contribution in [-0.2, 0) is 13.0 Å². The molecule has 4 heterocycles. The lowest BCUT2D eigenvalue weighted by atomic mass is 10.1. The summed E-state index contributed by atoms with van der Waals surface area (Å²) in [4.78, 5) is 21.7. The second-order valence-electron chi connectivity index (χ2n) is 5.69. The van der Waals surface area contributed by atoms with Crippen molar-refractivity contribution in [3.63, 3.8) is 0 Å². The normalized spacial score (nSPS) is 11.5. The number of ether oxygens (including phenoxy) is 1. The number of nitrogens with zero attached hydrogens (tertiary/aromatic N) is 7. The predicted octanol–water partition coefficient (Wildman–Crippen LogP) is 2.37. The highest BCUT2D eigenvalue weighted by Gasteiger charge is 2.21. The SMILES string of the molecule is CCc1c(C)sc2ncn3nc(Cn4cc([N+](=O)[O-])c(OC)n4)nc3c12. The monoisotopic (exact) mass is 373 g/mol. The van der Waals surface area contributed by atoms with Crippen molar-refractivity contribution in [1.82, 2.24) is 29.4 Å². The number of hydrogen-bond acceptors (Lipinski definition) is 8. The van der Waals surface area contributed by atoms with Crippen LogP contribution < -0.4 is 4.74 Å². The quantitative estimate of drug-likeness (QED) is 0.390. The number of aromatic nitrogens is 6. The molecule has 0 N–H and O–H groups in total. The number of hydrogen-bond donors (Lipinski definition) is 0. The molecular weight excluding hydrogens is 358 g/mol. The van der Waals surface area contributed by atoms with Crippen LogP contribution in [0.15, 0.2) is 12.5 Å². The lowest BCUT2D eigenvalue weighted by Gasteiger charge is -1.96. The molecule has 0 atom stereocenters. The molecule has 0 saturated carbocycles. The molecule has 10 nitrogen and oxygen atoms in total. The van der Waals surface area contributed by atoms with Gasteiger partial charge in [-0.2, -0.15) is 0 Å². The molecule has 4 rings (SSSR count). The first-order chi connectivity index (χ1) is 12.5. The molecule has 0 spiro atoms. The van der Waals surface area contributed by atoms with Gasteiger partial charge in [-0.3, -0.25) is 14.8 Å². The minimum atomic E-state index is -0.533. The average Bonchev–Trinajstić information content (AvgIpc) is 3.28. The van der Waals surface area contributed by atoms with Crippen LogP contribution in [0.25, 0.3) is 15.9 Å². The molecule has 0 bridgehead atoms. The van der Waals surface area contributed by atoms with Crippen molar-refractivity contribution >= 4 is 32.9 Å². The van der Waals surface area contributed by atoms with Gasteiger partial charge in [-0.25, -0.2) is 14.5 Å². The zero-order valence-corrected chi connectivity index (χ0v) is 15.1. The van der Waals surface area contributed by atoms with Crippen molar-refractivity contribution in [2.24, 2.45) is 0 Å². The summed E-state index contributed by atoms with van der Waals surface area (Å²) in [6, 6.07) is 0. The van der Waals surface area contributed by atoms with Crippen LogP contribution in [0.3, 0.4) is 0 Å². The fourth-order valence-electron chi connectivity index (χ4n) is 2.99. The third-order valence-corrected chi connectivity index (χ3v) is 5.19. The maximum atomic E-state index is 11.0. The van der Waals surface area contributed by atoms with Gasteiger partial charge in [0.1, 0.15) is 23.9 Å². The summed E-state index contributed by atoms with van der Waals surface area (Å²) in [5.74, 6) is 0.454. The van der Waals surface area contributed by atoms with E-state index in [2.05, 4.69) is 34.0 Å². The molecule has 11 heteroatoms. The van der Waals surface area contributed by atoms with E-state index in [-0.39, 0.29) is 18.1 Å². The highest BCUT2D eigenvalue weighted by Crippen LogP contribution is 2.32. The zero-order chi connectivity index (χ0) is 18.4. The topological polar surface area (TPSA) is 113 Å². The van der Waals surface area contributed by atoms with Gasteiger partial charge in [0.25, 0.3) is 0 Å². The van der Waals surface area contributed by atoms with Gasteiger partial charge in [0.15, 0.2) is 11.5 Å². The van der Waals surface area contributed by atoms with E-state index in [0.717, 1.165) is 22.3 Å². The standard InChI is InChI=1S/C15H15N7O3S/c1-4-9-8(2)26-15-12(9)13-17-11(18-21(13)7-16-15)6-20-5-10(22(23)24)14(19-20)25-3/h5,7H,4,6H2,1-3H3. The molecule has 0 aliphatic heterocycles. The molecule has 26 heavy (non-hydrogen) atoms. The minimum absolute atomic E-state index is 0.0375. The van der Waals surface area contributed by atoms with Crippen LogP contribution in [0.2, 0.25) is 0 Å². The number of methoxy groups -OCH3 is 1. The van der Waals surface area contributed by atoms with Gasteiger partial charge in [-0.1, -0.05) is 6.92 Å². The number of aryl methyl sites for hydroxylation is 2. The molecule has 0 aromatic carbocycles. The Morgan fingerprint density at radius 2 is 2.19 bits per heavy atom. The first-order valence-electron chi connectivity index (χ1n) is 7.89. The van der Waals surface area contributed by atoms with Gasteiger partial charge in [0.05, 0.1) is 17.4 Å². The van der Waals surface area contributed by atoms with E-state index >= 15 is 0 Å². The second kappa shape index (κ2) is 6.02. The maximum Gasteiger partial charge on any atom is 0.350 e. The van der Waals surface area contributed by atoms with Gasteiger partial charge < -0.3 is 4.74 Å². The van der Waals surface area contributed by atoms with Gasteiger partial charge in [0.2, 0.25) is 0 Å². The Kier molecular flexibility index (Phi) is 3.80. The third kappa shape index (κ3) is 2.47. The number of thiophene rings is 1. The van der Waals surface area contributed by atoms with Crippen LogP contribution in [0.4, 0.5) is 5.69 Å². The van der Waals surface area contributed by atoms with E-state index in [1.165, 1.54) is 28.4 Å². The largest absolute Gasteiger partial charge is 0.475 e. The number of rotatable bonds is 5. The van der Waals surface area contributed by atoms with E-state index in [4.69, 9.17) is 4.74 Å². The summed E-state index contributed by atoms with van der Waals surface area (Å²) in [6.07, 6.45) is 3.83. The van der Waals surface area contributed by atoms with Crippen LogP contribution >= 0.6 is 11.3 Å². The Balaban J connectivity index is 1.79. The van der Waals surface area contributed by atoms with Gasteiger partial charge in [-0.15, -0.1) is 21.5 Å². The Hall–Kier alpha value is -3.08. The van der Waals surface area contributed by atoms with E-state index < -0.39 is 4.92 Å². The average molecular weight is 373 g/mol. The first-order valence-corrected chi connectivity index (χ1v) is 8.71. The van der Waals surface area contributed by atoms with Crippen molar-refractivity contribution in [1.29, 1.82) is 0 Å². The van der Waals surface area contributed by atoms with Gasteiger partial charge >= 0.3 is 11.6 Å². The fraction of sp³-hybridized carbons (Fsp3) is 0.333. The maximum absolute atomic E-state index is 11.0. The molecule has 4 aromatic heterocycles. The molecule has 0 fully saturated rings. The molecule has 0 saturated heterocycles. The number of nitro groups is 1. The van der Waals surface area contributed by atoms with Crippen molar-refractivity contribution < 1.29 is 9.66 Å². The Morgan fingerprint density at radius 3 is 2.85 bits per heavy atom. The predicted molar refractivity (Wildman–Crippen MR) is 94.8 cm³/mol. The lowest BCUT2D eigenvalue weighted by molar-refractivity contribution is -0.385. The summed E-state index contributed by atoms with van der Waals surface area (Å²) in [7, 11) is 1.34. The van der Waals surface area contributed by atoms with Crippen molar-refractivity contribution in [3.8, 4) is 5.88 Å². The fourth-order valence-corrected chi connectivity index (χ4v) is 4.07. The molecule has 0 aliphatic rings. The first kappa shape index (κ1) is 16.4. The van der Waals surface area contributed by atoms with Gasteiger partial charge in [-0.05, 0) is 18.9 Å². The summed E-state index contributed by atoms with van der Waals surface area (Å²) >= 11 is 1.64. The molecule has 0 radical (unpaired) electrons. The molecule has 0 amide bonds. The van der Waals surface area contributed by atoms with Crippen LogP contribution in [-0.4, -0.2) is 41.4 Å². The van der Waals surface area contributed by atoms with Crippen molar-refractivity contribution in [3.05, 3.63) is 38.9 Å². The van der Waals surface area contributed by atoms with Crippen molar-refractivity contribution in [2.45, 2.75) is 26.8 Å². The second-order valence-corrected chi connectivity index (χ2v) is 6.89. The minimum Gasteiger partial charge on any atom is -0.475 e. The zero-order valence-electron chi connectivity index (χ0n) is 14.3. The molecular formula is C15H15N7O3S. The highest BCUT2D eigenvalue weighted by atomic mass is 32.1. The Bertz CT molecular complexity index is 1140. The van der Waals surface area contributed by atoms with Crippen LogP contribution in [0.5, 0.6) is 5.88 Å². The summed E-state index contributed by atoms with van der Waals surface area (Å²) in [6.45, 7) is 4.37. The highest BCUT2D eigenvalue weighted by molar-refractivity contribution is 7.18. The molecule has 0 unspecified atom stereocenters. The van der Waals surface area contributed by atoms with Crippen LogP contribution in [0, 0.1) is 17.0 Å². The lowest BCUT2D eigenvalue weighted by Crippen LogP contribution is -2.02. The van der Waals surface area contributed by atoms with E-state index in [1.54, 1.807) is 22.2 Å². The van der Waals surface area contributed by atoms with Crippen LogP contribution in [0.1, 0.15) is 23.2 Å².